The molecule has 1 aromatic carbocycles. The Labute approximate surface area is 127 Å². The average molecular weight is 332 g/mol. The topological polar surface area (TPSA) is 66.1 Å². The highest BCUT2D eigenvalue weighted by Gasteiger charge is 2.27. The van der Waals surface area contributed by atoms with E-state index in [9.17, 15) is 12.8 Å². The Morgan fingerprint density at radius 1 is 1.43 bits per heavy atom. The van der Waals surface area contributed by atoms with Crippen LogP contribution in [0.5, 0.6) is 0 Å². The van der Waals surface area contributed by atoms with Crippen LogP contribution in [0, 0.1) is 12.7 Å². The molecule has 0 atom stereocenters. The summed E-state index contributed by atoms with van der Waals surface area (Å²) >= 11 is 5.78. The number of rotatable bonds is 5. The van der Waals surface area contributed by atoms with Gasteiger partial charge in [0, 0.05) is 24.8 Å². The molecule has 0 amide bonds. The third-order valence-electron chi connectivity index (χ3n) is 3.12. The third kappa shape index (κ3) is 3.25. The number of nitrogens with zero attached hydrogens (tertiary/aromatic N) is 2. The van der Waals surface area contributed by atoms with Gasteiger partial charge in [-0.2, -0.15) is 9.40 Å². The van der Waals surface area contributed by atoms with Crippen molar-refractivity contribution in [3.05, 3.63) is 46.9 Å². The standard InChI is InChI=1S/C13H15ClFN3O2S/c1-9-12(7-14)13(17-16-9)21(19,20)18(2)8-10-4-3-5-11(15)6-10/h3-6H,7-8H2,1-2H3,(H,16,17). The van der Waals surface area contributed by atoms with Crippen LogP contribution < -0.4 is 0 Å². The molecule has 0 unspecified atom stereocenters. The highest BCUT2D eigenvalue weighted by Crippen LogP contribution is 2.22. The molecule has 1 N–H and O–H groups in total. The Balaban J connectivity index is 2.30. The highest BCUT2D eigenvalue weighted by atomic mass is 35.5. The number of hydrogen-bond donors (Lipinski definition) is 1. The number of sulfonamides is 1. The molecule has 0 aliphatic carbocycles. The zero-order valence-corrected chi connectivity index (χ0v) is 13.2. The van der Waals surface area contributed by atoms with E-state index in [1.54, 1.807) is 13.0 Å². The van der Waals surface area contributed by atoms with Crippen LogP contribution >= 0.6 is 11.6 Å². The van der Waals surface area contributed by atoms with E-state index in [1.807, 2.05) is 0 Å². The minimum atomic E-state index is -3.79. The molecule has 2 rings (SSSR count). The Hall–Kier alpha value is -1.44. The first-order valence-electron chi connectivity index (χ1n) is 6.17. The molecule has 0 spiro atoms. The van der Waals surface area contributed by atoms with Gasteiger partial charge in [0.15, 0.2) is 5.03 Å². The summed E-state index contributed by atoms with van der Waals surface area (Å²) in [6, 6.07) is 5.80. The number of alkyl halides is 1. The molecule has 0 bridgehead atoms. The van der Waals surface area contributed by atoms with Crippen molar-refractivity contribution in [1.82, 2.24) is 14.5 Å². The van der Waals surface area contributed by atoms with Crippen LogP contribution in [0.4, 0.5) is 4.39 Å². The van der Waals surface area contributed by atoms with Gasteiger partial charge in [0.2, 0.25) is 0 Å². The maximum atomic E-state index is 13.2. The second-order valence-electron chi connectivity index (χ2n) is 4.66. The fourth-order valence-corrected chi connectivity index (χ4v) is 3.64. The van der Waals surface area contributed by atoms with E-state index in [4.69, 9.17) is 11.6 Å². The molecule has 2 aromatic rings. The first-order chi connectivity index (χ1) is 9.86. The lowest BCUT2D eigenvalue weighted by molar-refractivity contribution is 0.462. The molecule has 1 aromatic heterocycles. The summed E-state index contributed by atoms with van der Waals surface area (Å²) in [7, 11) is -2.37. The van der Waals surface area contributed by atoms with E-state index in [0.717, 1.165) is 4.31 Å². The van der Waals surface area contributed by atoms with E-state index >= 15 is 0 Å². The molecule has 0 radical (unpaired) electrons. The summed E-state index contributed by atoms with van der Waals surface area (Å²) < 4.78 is 39.3. The number of halogens is 2. The van der Waals surface area contributed by atoms with Crippen molar-refractivity contribution < 1.29 is 12.8 Å². The second-order valence-corrected chi connectivity index (χ2v) is 6.88. The molecule has 21 heavy (non-hydrogen) atoms. The third-order valence-corrected chi connectivity index (χ3v) is 5.16. The van der Waals surface area contributed by atoms with Crippen molar-refractivity contribution in [2.24, 2.45) is 0 Å². The van der Waals surface area contributed by atoms with E-state index in [0.29, 0.717) is 16.8 Å². The Morgan fingerprint density at radius 2 is 2.14 bits per heavy atom. The van der Waals surface area contributed by atoms with Gasteiger partial charge in [-0.1, -0.05) is 12.1 Å². The predicted octanol–water partition coefficient (Wildman–Crippen LogP) is 2.42. The van der Waals surface area contributed by atoms with Crippen molar-refractivity contribution in [3.63, 3.8) is 0 Å². The van der Waals surface area contributed by atoms with Gasteiger partial charge in [0.05, 0.1) is 5.88 Å². The quantitative estimate of drug-likeness (QED) is 0.856. The SMILES string of the molecule is Cc1[nH]nc(S(=O)(=O)N(C)Cc2cccc(F)c2)c1CCl. The lowest BCUT2D eigenvalue weighted by Gasteiger charge is -2.16. The van der Waals surface area contributed by atoms with Gasteiger partial charge in [0.25, 0.3) is 10.0 Å². The van der Waals surface area contributed by atoms with Gasteiger partial charge in [-0.15, -0.1) is 11.6 Å². The zero-order valence-electron chi connectivity index (χ0n) is 11.6. The van der Waals surface area contributed by atoms with E-state index in [1.165, 1.54) is 25.2 Å². The molecule has 0 saturated heterocycles. The van der Waals surface area contributed by atoms with Gasteiger partial charge in [-0.25, -0.2) is 12.8 Å². The molecular weight excluding hydrogens is 317 g/mol. The smallest absolute Gasteiger partial charge is 0.262 e. The summed E-state index contributed by atoms with van der Waals surface area (Å²) in [5.41, 5.74) is 1.62. The molecule has 8 heteroatoms. The van der Waals surface area contributed by atoms with E-state index in [-0.39, 0.29) is 17.5 Å². The average Bonchev–Trinajstić information content (AvgIpc) is 2.80. The van der Waals surface area contributed by atoms with E-state index in [2.05, 4.69) is 10.2 Å². The summed E-state index contributed by atoms with van der Waals surface area (Å²) in [5.74, 6) is -0.361. The fourth-order valence-electron chi connectivity index (χ4n) is 1.93. The minimum Gasteiger partial charge on any atom is -0.281 e. The van der Waals surface area contributed by atoms with Crippen LogP contribution in [0.3, 0.4) is 0 Å². The van der Waals surface area contributed by atoms with Gasteiger partial charge >= 0.3 is 0 Å². The predicted molar refractivity (Wildman–Crippen MR) is 77.9 cm³/mol. The minimum absolute atomic E-state index is 0.0463. The largest absolute Gasteiger partial charge is 0.281 e. The van der Waals surface area contributed by atoms with Crippen molar-refractivity contribution >= 4 is 21.6 Å². The van der Waals surface area contributed by atoms with Crippen LogP contribution in [0.1, 0.15) is 16.8 Å². The lowest BCUT2D eigenvalue weighted by atomic mass is 10.2. The number of benzene rings is 1. The van der Waals surface area contributed by atoms with Gasteiger partial charge in [-0.05, 0) is 24.6 Å². The van der Waals surface area contributed by atoms with Crippen molar-refractivity contribution in [3.8, 4) is 0 Å². The number of aromatic amines is 1. The zero-order chi connectivity index (χ0) is 15.6. The van der Waals surface area contributed by atoms with Gasteiger partial charge in [0.1, 0.15) is 5.82 Å². The number of hydrogen-bond acceptors (Lipinski definition) is 3. The molecule has 1 heterocycles. The summed E-state index contributed by atoms with van der Waals surface area (Å²) in [5, 5.41) is 6.36. The number of aryl methyl sites for hydroxylation is 1. The van der Waals surface area contributed by atoms with Crippen LogP contribution in [-0.2, 0) is 22.4 Å². The number of nitrogens with one attached hydrogen (secondary N) is 1. The molecule has 114 valence electrons. The molecular formula is C13H15ClFN3O2S. The summed E-state index contributed by atoms with van der Waals surface area (Å²) in [6.45, 7) is 1.75. The van der Waals surface area contributed by atoms with Crippen LogP contribution in [0.15, 0.2) is 29.3 Å². The first kappa shape index (κ1) is 15.9. The van der Waals surface area contributed by atoms with Crippen LogP contribution in [0.2, 0.25) is 0 Å². The molecule has 0 aliphatic rings. The second kappa shape index (κ2) is 6.13. The van der Waals surface area contributed by atoms with Crippen molar-refractivity contribution in [1.29, 1.82) is 0 Å². The van der Waals surface area contributed by atoms with Crippen molar-refractivity contribution in [2.45, 2.75) is 24.4 Å². The van der Waals surface area contributed by atoms with Crippen LogP contribution in [-0.4, -0.2) is 30.0 Å². The molecule has 0 fully saturated rings. The summed E-state index contributed by atoms with van der Waals surface area (Å²) in [4.78, 5) is 0. The highest BCUT2D eigenvalue weighted by molar-refractivity contribution is 7.89. The van der Waals surface area contributed by atoms with Crippen molar-refractivity contribution in [2.75, 3.05) is 7.05 Å². The molecule has 5 nitrogen and oxygen atoms in total. The Kier molecular flexibility index (Phi) is 4.65. The normalized spacial score (nSPS) is 12.0. The maximum Gasteiger partial charge on any atom is 0.262 e. The maximum absolute atomic E-state index is 13.2. The fraction of sp³-hybridized carbons (Fsp3) is 0.308. The monoisotopic (exact) mass is 331 g/mol. The number of aromatic nitrogens is 2. The molecule has 0 saturated carbocycles. The Bertz CT molecular complexity index is 746. The lowest BCUT2D eigenvalue weighted by Crippen LogP contribution is -2.27. The Morgan fingerprint density at radius 3 is 2.76 bits per heavy atom. The van der Waals surface area contributed by atoms with Crippen LogP contribution in [0.25, 0.3) is 0 Å². The number of H-pyrrole nitrogens is 1. The first-order valence-corrected chi connectivity index (χ1v) is 8.14. The molecule has 0 aliphatic heterocycles. The summed E-state index contributed by atoms with van der Waals surface area (Å²) in [6.07, 6.45) is 0. The van der Waals surface area contributed by atoms with E-state index < -0.39 is 15.8 Å². The van der Waals surface area contributed by atoms with Gasteiger partial charge in [-0.3, -0.25) is 5.10 Å². The van der Waals surface area contributed by atoms with Gasteiger partial charge < -0.3 is 0 Å².